The Morgan fingerprint density at radius 2 is 2.29 bits per heavy atom. The van der Waals surface area contributed by atoms with Gasteiger partial charge in [0, 0.05) is 17.1 Å². The minimum absolute atomic E-state index is 0.655. The first-order valence-corrected chi connectivity index (χ1v) is 6.16. The standard InChI is InChI=1S/C11H20N2S/c1-9(2)11(12-3)6-4-5-10-7-13-8-14-10/h7-9,11-12H,4-6H2,1-3H3. The molecule has 0 fully saturated rings. The van der Waals surface area contributed by atoms with Gasteiger partial charge in [-0.25, -0.2) is 0 Å². The zero-order chi connectivity index (χ0) is 10.4. The molecule has 1 aromatic heterocycles. The summed E-state index contributed by atoms with van der Waals surface area (Å²) in [6.45, 7) is 4.54. The summed E-state index contributed by atoms with van der Waals surface area (Å²) in [6.07, 6.45) is 5.67. The Morgan fingerprint density at radius 3 is 2.79 bits per heavy atom. The van der Waals surface area contributed by atoms with E-state index in [4.69, 9.17) is 0 Å². The van der Waals surface area contributed by atoms with E-state index >= 15 is 0 Å². The van der Waals surface area contributed by atoms with Crippen molar-refractivity contribution in [3.05, 3.63) is 16.6 Å². The molecule has 0 aliphatic heterocycles. The molecule has 0 spiro atoms. The van der Waals surface area contributed by atoms with Crippen LogP contribution in [-0.2, 0) is 6.42 Å². The van der Waals surface area contributed by atoms with Gasteiger partial charge in [-0.15, -0.1) is 11.3 Å². The molecule has 0 amide bonds. The lowest BCUT2D eigenvalue weighted by Crippen LogP contribution is -2.30. The molecule has 1 rings (SSSR count). The molecular weight excluding hydrogens is 192 g/mol. The molecule has 1 unspecified atom stereocenters. The Balaban J connectivity index is 2.20. The van der Waals surface area contributed by atoms with Gasteiger partial charge in [0.15, 0.2) is 0 Å². The fraction of sp³-hybridized carbons (Fsp3) is 0.727. The Hall–Kier alpha value is -0.410. The Labute approximate surface area is 90.8 Å². The van der Waals surface area contributed by atoms with Crippen LogP contribution in [0.2, 0.25) is 0 Å². The minimum Gasteiger partial charge on any atom is -0.317 e. The highest BCUT2D eigenvalue weighted by atomic mass is 32.1. The molecule has 3 heteroatoms. The minimum atomic E-state index is 0.655. The lowest BCUT2D eigenvalue weighted by atomic mass is 9.98. The van der Waals surface area contributed by atoms with E-state index in [-0.39, 0.29) is 0 Å². The largest absolute Gasteiger partial charge is 0.317 e. The van der Waals surface area contributed by atoms with Crippen LogP contribution in [0.4, 0.5) is 0 Å². The van der Waals surface area contributed by atoms with Gasteiger partial charge in [-0.3, -0.25) is 4.98 Å². The molecule has 0 aliphatic carbocycles. The van der Waals surface area contributed by atoms with E-state index in [1.165, 1.54) is 24.1 Å². The predicted molar refractivity (Wildman–Crippen MR) is 62.7 cm³/mol. The van der Waals surface area contributed by atoms with Gasteiger partial charge in [-0.2, -0.15) is 0 Å². The maximum Gasteiger partial charge on any atom is 0.0794 e. The summed E-state index contributed by atoms with van der Waals surface area (Å²) < 4.78 is 0. The summed E-state index contributed by atoms with van der Waals surface area (Å²) in [6, 6.07) is 0.655. The van der Waals surface area contributed by atoms with E-state index in [2.05, 4.69) is 31.2 Å². The Morgan fingerprint density at radius 1 is 1.50 bits per heavy atom. The summed E-state index contributed by atoms with van der Waals surface area (Å²) in [5, 5.41) is 3.37. The third-order valence-corrected chi connectivity index (χ3v) is 3.44. The molecule has 1 heterocycles. The predicted octanol–water partition coefficient (Wildman–Crippen LogP) is 2.71. The highest BCUT2D eigenvalue weighted by Gasteiger charge is 2.09. The van der Waals surface area contributed by atoms with Gasteiger partial charge in [0.05, 0.1) is 5.51 Å². The van der Waals surface area contributed by atoms with Crippen LogP contribution in [0.25, 0.3) is 0 Å². The topological polar surface area (TPSA) is 24.9 Å². The first kappa shape index (κ1) is 11.7. The highest BCUT2D eigenvalue weighted by molar-refractivity contribution is 7.09. The fourth-order valence-corrected chi connectivity index (χ4v) is 2.31. The van der Waals surface area contributed by atoms with Crippen LogP contribution < -0.4 is 5.32 Å². The Kier molecular flexibility index (Phi) is 5.12. The molecule has 0 bridgehead atoms. The molecule has 80 valence electrons. The number of thiazole rings is 1. The summed E-state index contributed by atoms with van der Waals surface area (Å²) in [5.74, 6) is 0.724. The van der Waals surface area contributed by atoms with Crippen LogP contribution in [0.15, 0.2) is 11.7 Å². The zero-order valence-electron chi connectivity index (χ0n) is 9.29. The number of hydrogen-bond donors (Lipinski definition) is 1. The first-order chi connectivity index (χ1) is 6.74. The number of hydrogen-bond acceptors (Lipinski definition) is 3. The Bertz CT molecular complexity index is 231. The van der Waals surface area contributed by atoms with Gasteiger partial charge >= 0.3 is 0 Å². The molecule has 2 nitrogen and oxygen atoms in total. The van der Waals surface area contributed by atoms with Crippen molar-refractivity contribution in [2.24, 2.45) is 5.92 Å². The molecule has 1 aromatic rings. The fourth-order valence-electron chi connectivity index (χ4n) is 1.67. The number of aryl methyl sites for hydroxylation is 1. The third kappa shape index (κ3) is 3.76. The summed E-state index contributed by atoms with van der Waals surface area (Å²) >= 11 is 1.76. The number of rotatable bonds is 6. The van der Waals surface area contributed by atoms with E-state index in [0.717, 1.165) is 5.92 Å². The molecule has 0 aliphatic rings. The average Bonchev–Trinajstić information content (AvgIpc) is 2.64. The van der Waals surface area contributed by atoms with Crippen molar-refractivity contribution >= 4 is 11.3 Å². The van der Waals surface area contributed by atoms with E-state index in [0.29, 0.717) is 6.04 Å². The van der Waals surface area contributed by atoms with Crippen molar-refractivity contribution in [2.75, 3.05) is 7.05 Å². The van der Waals surface area contributed by atoms with Gasteiger partial charge < -0.3 is 5.32 Å². The normalized spacial score (nSPS) is 13.4. The second kappa shape index (κ2) is 6.14. The van der Waals surface area contributed by atoms with E-state index in [9.17, 15) is 0 Å². The molecular formula is C11H20N2S. The maximum atomic E-state index is 4.08. The summed E-state index contributed by atoms with van der Waals surface area (Å²) in [4.78, 5) is 5.48. The van der Waals surface area contributed by atoms with Gasteiger partial charge in [-0.05, 0) is 32.2 Å². The number of nitrogens with one attached hydrogen (secondary N) is 1. The SMILES string of the molecule is CNC(CCCc1cncs1)C(C)C. The monoisotopic (exact) mass is 212 g/mol. The molecule has 0 radical (unpaired) electrons. The van der Waals surface area contributed by atoms with Crippen LogP contribution in [0.1, 0.15) is 31.6 Å². The van der Waals surface area contributed by atoms with E-state index in [1.54, 1.807) is 11.3 Å². The van der Waals surface area contributed by atoms with E-state index in [1.807, 2.05) is 11.7 Å². The first-order valence-electron chi connectivity index (χ1n) is 5.28. The van der Waals surface area contributed by atoms with Crippen molar-refractivity contribution in [3.8, 4) is 0 Å². The van der Waals surface area contributed by atoms with Crippen LogP contribution in [0, 0.1) is 5.92 Å². The zero-order valence-corrected chi connectivity index (χ0v) is 10.1. The second-order valence-corrected chi connectivity index (χ2v) is 4.97. The molecule has 0 saturated carbocycles. The van der Waals surface area contributed by atoms with Crippen molar-refractivity contribution in [2.45, 2.75) is 39.2 Å². The molecule has 0 aromatic carbocycles. The van der Waals surface area contributed by atoms with Gasteiger partial charge in [0.2, 0.25) is 0 Å². The van der Waals surface area contributed by atoms with Crippen LogP contribution in [0.3, 0.4) is 0 Å². The smallest absolute Gasteiger partial charge is 0.0794 e. The maximum absolute atomic E-state index is 4.08. The molecule has 1 atom stereocenters. The number of aromatic nitrogens is 1. The van der Waals surface area contributed by atoms with Crippen molar-refractivity contribution in [3.63, 3.8) is 0 Å². The van der Waals surface area contributed by atoms with E-state index < -0.39 is 0 Å². The van der Waals surface area contributed by atoms with Gasteiger partial charge in [0.25, 0.3) is 0 Å². The summed E-state index contributed by atoms with van der Waals surface area (Å²) in [5.41, 5.74) is 1.91. The number of nitrogens with zero attached hydrogens (tertiary/aromatic N) is 1. The van der Waals surface area contributed by atoms with Crippen LogP contribution >= 0.6 is 11.3 Å². The van der Waals surface area contributed by atoms with Gasteiger partial charge in [0.1, 0.15) is 0 Å². The van der Waals surface area contributed by atoms with Gasteiger partial charge in [-0.1, -0.05) is 13.8 Å². The quantitative estimate of drug-likeness (QED) is 0.784. The molecule has 1 N–H and O–H groups in total. The third-order valence-electron chi connectivity index (χ3n) is 2.60. The lowest BCUT2D eigenvalue weighted by molar-refractivity contribution is 0.394. The molecule has 0 saturated heterocycles. The lowest BCUT2D eigenvalue weighted by Gasteiger charge is -2.19. The van der Waals surface area contributed by atoms with Crippen molar-refractivity contribution < 1.29 is 0 Å². The van der Waals surface area contributed by atoms with Crippen LogP contribution in [-0.4, -0.2) is 18.1 Å². The average molecular weight is 212 g/mol. The highest BCUT2D eigenvalue weighted by Crippen LogP contribution is 2.13. The second-order valence-electron chi connectivity index (χ2n) is 4.00. The van der Waals surface area contributed by atoms with Crippen molar-refractivity contribution in [1.82, 2.24) is 10.3 Å². The van der Waals surface area contributed by atoms with Crippen LogP contribution in [0.5, 0.6) is 0 Å². The van der Waals surface area contributed by atoms with Crippen molar-refractivity contribution in [1.29, 1.82) is 0 Å². The summed E-state index contributed by atoms with van der Waals surface area (Å²) in [7, 11) is 2.05. The molecule has 14 heavy (non-hydrogen) atoms.